The maximum absolute atomic E-state index is 11.8. The SMILES string of the molecule is Cc1nnc(-c2ccc(NC(=O)Nc3ccn(C)n3)cc2)o1. The van der Waals surface area contributed by atoms with Crippen LogP contribution in [0.1, 0.15) is 5.89 Å². The Morgan fingerprint density at radius 3 is 2.50 bits per heavy atom. The summed E-state index contributed by atoms with van der Waals surface area (Å²) in [7, 11) is 1.78. The van der Waals surface area contributed by atoms with Crippen molar-refractivity contribution in [3.8, 4) is 11.5 Å². The topological polar surface area (TPSA) is 97.9 Å². The van der Waals surface area contributed by atoms with E-state index in [1.54, 1.807) is 55.2 Å². The first-order valence-electron chi connectivity index (χ1n) is 6.58. The van der Waals surface area contributed by atoms with Gasteiger partial charge in [0.25, 0.3) is 0 Å². The van der Waals surface area contributed by atoms with Crippen molar-refractivity contribution in [1.29, 1.82) is 0 Å². The summed E-state index contributed by atoms with van der Waals surface area (Å²) >= 11 is 0. The number of hydrogen-bond donors (Lipinski definition) is 2. The summed E-state index contributed by atoms with van der Waals surface area (Å²) in [6, 6.07) is 8.45. The number of benzene rings is 1. The summed E-state index contributed by atoms with van der Waals surface area (Å²) in [5, 5.41) is 17.1. The molecule has 0 radical (unpaired) electrons. The lowest BCUT2D eigenvalue weighted by Crippen LogP contribution is -2.19. The van der Waals surface area contributed by atoms with Crippen LogP contribution in [0.3, 0.4) is 0 Å². The van der Waals surface area contributed by atoms with E-state index in [4.69, 9.17) is 4.42 Å². The van der Waals surface area contributed by atoms with Crippen molar-refractivity contribution in [2.24, 2.45) is 7.05 Å². The summed E-state index contributed by atoms with van der Waals surface area (Å²) in [6.07, 6.45) is 1.75. The molecule has 2 amide bonds. The fourth-order valence-electron chi connectivity index (χ4n) is 1.87. The third kappa shape index (κ3) is 3.11. The molecule has 22 heavy (non-hydrogen) atoms. The number of aromatic nitrogens is 4. The molecule has 3 rings (SSSR count). The second-order valence-corrected chi connectivity index (χ2v) is 4.66. The fraction of sp³-hybridized carbons (Fsp3) is 0.143. The number of amides is 2. The van der Waals surface area contributed by atoms with Crippen LogP contribution in [0.4, 0.5) is 16.3 Å². The molecular formula is C14H14N6O2. The van der Waals surface area contributed by atoms with E-state index in [-0.39, 0.29) is 6.03 Å². The standard InChI is InChI=1S/C14H14N6O2/c1-9-17-18-13(22-9)10-3-5-11(6-4-10)15-14(21)16-12-7-8-20(2)19-12/h3-8H,1-2H3,(H2,15,16,19,21). The van der Waals surface area contributed by atoms with E-state index in [0.29, 0.717) is 23.3 Å². The maximum Gasteiger partial charge on any atom is 0.324 e. The van der Waals surface area contributed by atoms with Crippen LogP contribution in [-0.4, -0.2) is 26.0 Å². The Bertz CT molecular complexity index is 790. The Kier molecular flexibility index (Phi) is 3.57. The Morgan fingerprint density at radius 1 is 1.14 bits per heavy atom. The molecular weight excluding hydrogens is 284 g/mol. The first-order valence-corrected chi connectivity index (χ1v) is 6.58. The summed E-state index contributed by atoms with van der Waals surface area (Å²) in [6.45, 7) is 1.73. The molecule has 0 fully saturated rings. The van der Waals surface area contributed by atoms with Crippen molar-refractivity contribution < 1.29 is 9.21 Å². The highest BCUT2D eigenvalue weighted by atomic mass is 16.4. The molecule has 112 valence electrons. The quantitative estimate of drug-likeness (QED) is 0.773. The fourth-order valence-corrected chi connectivity index (χ4v) is 1.87. The Hall–Kier alpha value is -3.16. The lowest BCUT2D eigenvalue weighted by molar-refractivity contribution is 0.262. The summed E-state index contributed by atoms with van der Waals surface area (Å²) < 4.78 is 6.95. The summed E-state index contributed by atoms with van der Waals surface area (Å²) in [5.74, 6) is 1.44. The van der Waals surface area contributed by atoms with Gasteiger partial charge in [0.05, 0.1) is 0 Å². The molecule has 0 atom stereocenters. The number of carbonyl (C=O) groups excluding carboxylic acids is 1. The van der Waals surface area contributed by atoms with E-state index < -0.39 is 0 Å². The van der Waals surface area contributed by atoms with Crippen LogP contribution in [0.15, 0.2) is 40.9 Å². The van der Waals surface area contributed by atoms with Gasteiger partial charge in [-0.2, -0.15) is 5.10 Å². The molecule has 8 heteroatoms. The van der Waals surface area contributed by atoms with E-state index >= 15 is 0 Å². The number of rotatable bonds is 3. The number of nitrogens with one attached hydrogen (secondary N) is 2. The molecule has 0 spiro atoms. The van der Waals surface area contributed by atoms with Crippen LogP contribution in [0.25, 0.3) is 11.5 Å². The number of hydrogen-bond acceptors (Lipinski definition) is 5. The number of urea groups is 1. The Balaban J connectivity index is 1.64. The predicted molar refractivity (Wildman–Crippen MR) is 80.3 cm³/mol. The van der Waals surface area contributed by atoms with Crippen molar-refractivity contribution >= 4 is 17.5 Å². The largest absolute Gasteiger partial charge is 0.421 e. The first kappa shape index (κ1) is 13.8. The van der Waals surface area contributed by atoms with Crippen molar-refractivity contribution in [2.75, 3.05) is 10.6 Å². The van der Waals surface area contributed by atoms with Crippen molar-refractivity contribution in [3.63, 3.8) is 0 Å². The van der Waals surface area contributed by atoms with Gasteiger partial charge in [0, 0.05) is 37.5 Å². The van der Waals surface area contributed by atoms with Gasteiger partial charge in [-0.3, -0.25) is 10.00 Å². The molecule has 1 aromatic carbocycles. The molecule has 2 N–H and O–H groups in total. The minimum absolute atomic E-state index is 0.361. The lowest BCUT2D eigenvalue weighted by Gasteiger charge is -2.05. The normalized spacial score (nSPS) is 10.5. The van der Waals surface area contributed by atoms with Crippen LogP contribution in [-0.2, 0) is 7.05 Å². The van der Waals surface area contributed by atoms with Gasteiger partial charge >= 0.3 is 6.03 Å². The minimum atomic E-state index is -0.361. The van der Waals surface area contributed by atoms with E-state index in [1.165, 1.54) is 0 Å². The van der Waals surface area contributed by atoms with Gasteiger partial charge in [0.1, 0.15) is 0 Å². The molecule has 0 unspecified atom stereocenters. The maximum atomic E-state index is 11.8. The third-order valence-corrected chi connectivity index (χ3v) is 2.87. The molecule has 8 nitrogen and oxygen atoms in total. The second kappa shape index (κ2) is 5.68. The predicted octanol–water partition coefficient (Wildman–Crippen LogP) is 2.42. The molecule has 2 heterocycles. The number of anilines is 2. The average molecular weight is 298 g/mol. The van der Waals surface area contributed by atoms with E-state index in [0.717, 1.165) is 5.56 Å². The smallest absolute Gasteiger partial charge is 0.324 e. The highest BCUT2D eigenvalue weighted by Gasteiger charge is 2.07. The van der Waals surface area contributed by atoms with Gasteiger partial charge in [0.15, 0.2) is 5.82 Å². The molecule has 0 aliphatic heterocycles. The van der Waals surface area contributed by atoms with Gasteiger partial charge in [-0.05, 0) is 24.3 Å². The monoisotopic (exact) mass is 298 g/mol. The number of carbonyl (C=O) groups is 1. The second-order valence-electron chi connectivity index (χ2n) is 4.66. The third-order valence-electron chi connectivity index (χ3n) is 2.87. The highest BCUT2D eigenvalue weighted by Crippen LogP contribution is 2.20. The van der Waals surface area contributed by atoms with Gasteiger partial charge in [0.2, 0.25) is 11.8 Å². The zero-order valence-corrected chi connectivity index (χ0v) is 12.1. The van der Waals surface area contributed by atoms with Crippen LogP contribution < -0.4 is 10.6 Å². The van der Waals surface area contributed by atoms with Crippen molar-refractivity contribution in [3.05, 3.63) is 42.4 Å². The van der Waals surface area contributed by atoms with E-state index in [2.05, 4.69) is 25.9 Å². The van der Waals surface area contributed by atoms with E-state index in [1.807, 2.05) is 0 Å². The van der Waals surface area contributed by atoms with Crippen LogP contribution >= 0.6 is 0 Å². The molecule has 0 aliphatic rings. The van der Waals surface area contributed by atoms with Gasteiger partial charge < -0.3 is 9.73 Å². The van der Waals surface area contributed by atoms with Gasteiger partial charge in [-0.25, -0.2) is 4.79 Å². The van der Waals surface area contributed by atoms with Crippen molar-refractivity contribution in [2.45, 2.75) is 6.92 Å². The molecule has 0 bridgehead atoms. The highest BCUT2D eigenvalue weighted by molar-refractivity contribution is 5.99. The number of aryl methyl sites for hydroxylation is 2. The van der Waals surface area contributed by atoms with Crippen molar-refractivity contribution in [1.82, 2.24) is 20.0 Å². The Labute approximate surface area is 126 Å². The molecule has 0 aliphatic carbocycles. The molecule has 2 aromatic heterocycles. The van der Waals surface area contributed by atoms with Crippen LogP contribution in [0.5, 0.6) is 0 Å². The van der Waals surface area contributed by atoms with E-state index in [9.17, 15) is 4.79 Å². The lowest BCUT2D eigenvalue weighted by atomic mass is 10.2. The minimum Gasteiger partial charge on any atom is -0.421 e. The average Bonchev–Trinajstić information content (AvgIpc) is 3.08. The number of nitrogens with zero attached hydrogens (tertiary/aromatic N) is 4. The molecule has 0 saturated heterocycles. The summed E-state index contributed by atoms with van der Waals surface area (Å²) in [4.78, 5) is 11.8. The van der Waals surface area contributed by atoms with Crippen LogP contribution in [0.2, 0.25) is 0 Å². The molecule has 0 saturated carbocycles. The zero-order valence-electron chi connectivity index (χ0n) is 12.1. The Morgan fingerprint density at radius 2 is 1.91 bits per heavy atom. The summed E-state index contributed by atoms with van der Waals surface area (Å²) in [5.41, 5.74) is 1.43. The van der Waals surface area contributed by atoms with Gasteiger partial charge in [-0.15, -0.1) is 10.2 Å². The zero-order chi connectivity index (χ0) is 15.5. The van der Waals surface area contributed by atoms with Crippen LogP contribution in [0, 0.1) is 6.92 Å². The molecule has 3 aromatic rings. The first-order chi connectivity index (χ1) is 10.6. The van der Waals surface area contributed by atoms with Gasteiger partial charge in [-0.1, -0.05) is 0 Å².